The van der Waals surface area contributed by atoms with Crippen LogP contribution in [-0.4, -0.2) is 36.1 Å². The van der Waals surface area contributed by atoms with Crippen LogP contribution in [0.4, 0.5) is 0 Å². The molecule has 2 fully saturated rings. The Morgan fingerprint density at radius 2 is 2.00 bits per heavy atom. The molecule has 1 aliphatic carbocycles. The lowest BCUT2D eigenvalue weighted by molar-refractivity contribution is 0.0211. The summed E-state index contributed by atoms with van der Waals surface area (Å²) in [6.07, 6.45) is 5.55. The molecule has 0 bridgehead atoms. The quantitative estimate of drug-likeness (QED) is 0.793. The van der Waals surface area contributed by atoms with Crippen LogP contribution in [0.3, 0.4) is 0 Å². The molecular formula is C14H28N2. The van der Waals surface area contributed by atoms with Crippen molar-refractivity contribution in [3.8, 4) is 0 Å². The molecule has 0 aromatic rings. The Labute approximate surface area is 101 Å². The number of nitrogens with one attached hydrogen (secondary N) is 1. The van der Waals surface area contributed by atoms with Gasteiger partial charge in [-0.2, -0.15) is 0 Å². The maximum Gasteiger partial charge on any atom is 0.0278 e. The number of hydrogen-bond acceptors (Lipinski definition) is 2. The third-order valence-electron chi connectivity index (χ3n) is 4.93. The minimum absolute atomic E-state index is 0.340. The zero-order chi connectivity index (χ0) is 11.8. The average molecular weight is 224 g/mol. The van der Waals surface area contributed by atoms with Crippen molar-refractivity contribution in [2.24, 2.45) is 5.41 Å². The number of rotatable bonds is 3. The summed E-state index contributed by atoms with van der Waals surface area (Å²) >= 11 is 0. The van der Waals surface area contributed by atoms with E-state index in [1.54, 1.807) is 0 Å². The monoisotopic (exact) mass is 224 g/mol. The van der Waals surface area contributed by atoms with Gasteiger partial charge in [0.15, 0.2) is 0 Å². The van der Waals surface area contributed by atoms with E-state index < -0.39 is 0 Å². The van der Waals surface area contributed by atoms with E-state index in [1.165, 1.54) is 38.8 Å². The average Bonchev–Trinajstić information content (AvgIpc) is 2.22. The van der Waals surface area contributed by atoms with E-state index in [0.717, 1.165) is 6.54 Å². The zero-order valence-electron chi connectivity index (χ0n) is 11.5. The van der Waals surface area contributed by atoms with Gasteiger partial charge in [0.05, 0.1) is 0 Å². The highest BCUT2D eigenvalue weighted by atomic mass is 15.3. The molecule has 2 nitrogen and oxygen atoms in total. The van der Waals surface area contributed by atoms with Gasteiger partial charge < -0.3 is 5.32 Å². The predicted octanol–water partition coefficient (Wildman–Crippen LogP) is 2.64. The van der Waals surface area contributed by atoms with Crippen LogP contribution < -0.4 is 5.32 Å². The molecule has 0 aromatic carbocycles. The van der Waals surface area contributed by atoms with Crippen molar-refractivity contribution in [3.05, 3.63) is 0 Å². The standard InChI is InChI=1S/C14H28N2/c1-5-14(4)11-16(12(2)9-15-14)10-13(3)7-6-8-13/h12,15H,5-11H2,1-4H3. The highest BCUT2D eigenvalue weighted by molar-refractivity contribution is 4.96. The van der Waals surface area contributed by atoms with Gasteiger partial charge in [0.2, 0.25) is 0 Å². The molecule has 0 aromatic heterocycles. The molecule has 1 saturated carbocycles. The van der Waals surface area contributed by atoms with E-state index in [-0.39, 0.29) is 0 Å². The first-order chi connectivity index (χ1) is 7.46. The second-order valence-electron chi connectivity index (χ2n) is 6.71. The summed E-state index contributed by atoms with van der Waals surface area (Å²) in [7, 11) is 0. The fourth-order valence-corrected chi connectivity index (χ4v) is 3.06. The van der Waals surface area contributed by atoms with Crippen molar-refractivity contribution < 1.29 is 0 Å². The van der Waals surface area contributed by atoms with Crippen molar-refractivity contribution in [2.45, 2.75) is 65.0 Å². The normalized spacial score (nSPS) is 39.4. The Morgan fingerprint density at radius 1 is 1.31 bits per heavy atom. The van der Waals surface area contributed by atoms with Gasteiger partial charge in [0, 0.05) is 31.2 Å². The van der Waals surface area contributed by atoms with Crippen LogP contribution in [0, 0.1) is 5.41 Å². The molecule has 1 heterocycles. The Hall–Kier alpha value is -0.0800. The summed E-state index contributed by atoms with van der Waals surface area (Å²) in [5.74, 6) is 0. The van der Waals surface area contributed by atoms with E-state index in [0.29, 0.717) is 17.0 Å². The second-order valence-corrected chi connectivity index (χ2v) is 6.71. The van der Waals surface area contributed by atoms with Crippen LogP contribution in [0.25, 0.3) is 0 Å². The maximum atomic E-state index is 3.71. The molecule has 0 amide bonds. The summed E-state index contributed by atoms with van der Waals surface area (Å²) in [4.78, 5) is 2.72. The minimum atomic E-state index is 0.340. The fraction of sp³-hybridized carbons (Fsp3) is 1.00. The lowest BCUT2D eigenvalue weighted by atomic mass is 9.70. The molecule has 0 spiro atoms. The van der Waals surface area contributed by atoms with Gasteiger partial charge in [0.1, 0.15) is 0 Å². The van der Waals surface area contributed by atoms with Gasteiger partial charge in [0.25, 0.3) is 0 Å². The van der Waals surface area contributed by atoms with E-state index in [4.69, 9.17) is 0 Å². The van der Waals surface area contributed by atoms with E-state index in [2.05, 4.69) is 37.9 Å². The number of nitrogens with zero attached hydrogens (tertiary/aromatic N) is 1. The zero-order valence-corrected chi connectivity index (χ0v) is 11.5. The molecule has 94 valence electrons. The molecule has 2 unspecified atom stereocenters. The molecule has 16 heavy (non-hydrogen) atoms. The summed E-state index contributed by atoms with van der Waals surface area (Å²) in [5.41, 5.74) is 0.965. The van der Waals surface area contributed by atoms with Crippen LogP contribution in [0.15, 0.2) is 0 Å². The van der Waals surface area contributed by atoms with E-state index in [1.807, 2.05) is 0 Å². The fourth-order valence-electron chi connectivity index (χ4n) is 3.06. The third kappa shape index (κ3) is 2.43. The van der Waals surface area contributed by atoms with Gasteiger partial charge >= 0.3 is 0 Å². The van der Waals surface area contributed by atoms with Crippen LogP contribution in [0.1, 0.15) is 53.4 Å². The Balaban J connectivity index is 1.96. The van der Waals surface area contributed by atoms with Crippen molar-refractivity contribution in [1.82, 2.24) is 10.2 Å². The number of piperazine rings is 1. The molecule has 1 aliphatic heterocycles. The SMILES string of the molecule is CCC1(C)CN(CC2(C)CCC2)C(C)CN1. The third-order valence-corrected chi connectivity index (χ3v) is 4.93. The summed E-state index contributed by atoms with van der Waals surface area (Å²) < 4.78 is 0. The molecular weight excluding hydrogens is 196 g/mol. The van der Waals surface area contributed by atoms with Gasteiger partial charge in [-0.3, -0.25) is 4.90 Å². The summed E-state index contributed by atoms with van der Waals surface area (Å²) in [6, 6.07) is 0.706. The van der Waals surface area contributed by atoms with E-state index >= 15 is 0 Å². The maximum absolute atomic E-state index is 3.71. The van der Waals surface area contributed by atoms with Gasteiger partial charge in [-0.15, -0.1) is 0 Å². The van der Waals surface area contributed by atoms with Crippen LogP contribution in [0.2, 0.25) is 0 Å². The molecule has 2 atom stereocenters. The largest absolute Gasteiger partial charge is 0.309 e. The topological polar surface area (TPSA) is 15.3 Å². The van der Waals surface area contributed by atoms with Crippen LogP contribution in [0.5, 0.6) is 0 Å². The summed E-state index contributed by atoms with van der Waals surface area (Å²) in [5, 5.41) is 3.71. The van der Waals surface area contributed by atoms with Crippen molar-refractivity contribution >= 4 is 0 Å². The Bertz CT molecular complexity index is 245. The summed E-state index contributed by atoms with van der Waals surface area (Å²) in [6.45, 7) is 13.2. The van der Waals surface area contributed by atoms with Crippen molar-refractivity contribution in [2.75, 3.05) is 19.6 Å². The minimum Gasteiger partial charge on any atom is -0.309 e. The molecule has 2 rings (SSSR count). The van der Waals surface area contributed by atoms with E-state index in [9.17, 15) is 0 Å². The van der Waals surface area contributed by atoms with Crippen molar-refractivity contribution in [3.63, 3.8) is 0 Å². The van der Waals surface area contributed by atoms with Gasteiger partial charge in [-0.1, -0.05) is 20.3 Å². The second kappa shape index (κ2) is 4.30. The van der Waals surface area contributed by atoms with Gasteiger partial charge in [-0.05, 0) is 38.5 Å². The van der Waals surface area contributed by atoms with Crippen LogP contribution >= 0.6 is 0 Å². The molecule has 2 aliphatic rings. The Kier molecular flexibility index (Phi) is 3.33. The first kappa shape index (κ1) is 12.4. The van der Waals surface area contributed by atoms with Gasteiger partial charge in [-0.25, -0.2) is 0 Å². The molecule has 1 saturated heterocycles. The van der Waals surface area contributed by atoms with Crippen molar-refractivity contribution in [1.29, 1.82) is 0 Å². The Morgan fingerprint density at radius 3 is 2.50 bits per heavy atom. The highest BCUT2D eigenvalue weighted by Gasteiger charge is 2.39. The highest BCUT2D eigenvalue weighted by Crippen LogP contribution is 2.41. The van der Waals surface area contributed by atoms with Crippen LogP contribution in [-0.2, 0) is 0 Å². The number of hydrogen-bond donors (Lipinski definition) is 1. The molecule has 2 heteroatoms. The lowest BCUT2D eigenvalue weighted by Crippen LogP contribution is -2.63. The first-order valence-corrected chi connectivity index (χ1v) is 6.95. The first-order valence-electron chi connectivity index (χ1n) is 6.95. The lowest BCUT2D eigenvalue weighted by Gasteiger charge is -2.50. The molecule has 1 N–H and O–H groups in total. The smallest absolute Gasteiger partial charge is 0.0278 e. The molecule has 0 radical (unpaired) electrons. The predicted molar refractivity (Wildman–Crippen MR) is 69.7 cm³/mol.